The predicted molar refractivity (Wildman–Crippen MR) is 137 cm³/mol. The highest BCUT2D eigenvalue weighted by Crippen LogP contribution is 2.32. The van der Waals surface area contributed by atoms with Crippen LogP contribution in [0.25, 0.3) is 16.5 Å². The van der Waals surface area contributed by atoms with Gasteiger partial charge in [0.25, 0.3) is 0 Å². The van der Waals surface area contributed by atoms with Gasteiger partial charge in [-0.3, -0.25) is 0 Å². The molecule has 0 bridgehead atoms. The van der Waals surface area contributed by atoms with Crippen molar-refractivity contribution in [3.8, 4) is 0 Å². The molecule has 154 valence electrons. The Labute approximate surface area is 194 Å². The maximum Gasteiger partial charge on any atom is 0.148 e. The molecule has 3 rings (SSSR count). The Bertz CT molecular complexity index is 1100. The molecule has 0 fully saturated rings. The second kappa shape index (κ2) is 10.8. The van der Waals surface area contributed by atoms with Crippen LogP contribution in [-0.4, -0.2) is 12.5 Å². The summed E-state index contributed by atoms with van der Waals surface area (Å²) in [6.45, 7) is 8.73. The fourth-order valence-corrected chi connectivity index (χ4v) is 4.85. The first-order valence-electron chi connectivity index (χ1n) is 9.27. The SMILES string of the molecule is C=C/C(=C(/OCc1cc(Br)c2occc2c1)C(=C)C=C(SC)SC)c1ccccc1. The van der Waals surface area contributed by atoms with Crippen molar-refractivity contribution in [3.05, 3.63) is 111 Å². The van der Waals surface area contributed by atoms with Gasteiger partial charge in [-0.25, -0.2) is 0 Å². The van der Waals surface area contributed by atoms with Crippen molar-refractivity contribution in [2.45, 2.75) is 6.61 Å². The van der Waals surface area contributed by atoms with Gasteiger partial charge in [0.2, 0.25) is 0 Å². The summed E-state index contributed by atoms with van der Waals surface area (Å²) in [5.74, 6) is 0.722. The van der Waals surface area contributed by atoms with E-state index in [1.54, 1.807) is 29.8 Å². The van der Waals surface area contributed by atoms with Gasteiger partial charge >= 0.3 is 0 Å². The van der Waals surface area contributed by atoms with E-state index in [0.717, 1.165) is 43.5 Å². The minimum Gasteiger partial charge on any atom is -0.488 e. The number of thioether (sulfide) groups is 2. The Morgan fingerprint density at radius 1 is 1.13 bits per heavy atom. The van der Waals surface area contributed by atoms with Gasteiger partial charge in [-0.05, 0) is 63.8 Å². The second-order valence-electron chi connectivity index (χ2n) is 6.42. The molecule has 0 N–H and O–H groups in total. The highest BCUT2D eigenvalue weighted by molar-refractivity contribution is 9.10. The van der Waals surface area contributed by atoms with Crippen molar-refractivity contribution < 1.29 is 9.15 Å². The molecule has 0 saturated carbocycles. The highest BCUT2D eigenvalue weighted by atomic mass is 79.9. The molecule has 1 heterocycles. The third-order valence-corrected chi connectivity index (χ3v) is 7.10. The van der Waals surface area contributed by atoms with E-state index in [1.807, 2.05) is 36.4 Å². The lowest BCUT2D eigenvalue weighted by molar-refractivity contribution is 0.210. The lowest BCUT2D eigenvalue weighted by Crippen LogP contribution is -2.00. The monoisotopic (exact) mass is 498 g/mol. The zero-order valence-electron chi connectivity index (χ0n) is 17.0. The molecule has 2 aromatic carbocycles. The number of allylic oxidation sites excluding steroid dienone is 3. The van der Waals surface area contributed by atoms with Crippen LogP contribution in [0.15, 0.2) is 105 Å². The molecular formula is C25H23BrO2S2. The van der Waals surface area contributed by atoms with Crippen molar-refractivity contribution in [1.82, 2.24) is 0 Å². The second-order valence-corrected chi connectivity index (χ2v) is 9.22. The largest absolute Gasteiger partial charge is 0.488 e. The van der Waals surface area contributed by atoms with Crippen molar-refractivity contribution in [3.63, 3.8) is 0 Å². The molecule has 0 amide bonds. The van der Waals surface area contributed by atoms with Crippen molar-refractivity contribution in [2.24, 2.45) is 0 Å². The average Bonchev–Trinajstić information content (AvgIpc) is 3.24. The van der Waals surface area contributed by atoms with Crippen molar-refractivity contribution in [1.29, 1.82) is 0 Å². The number of benzene rings is 2. The number of furan rings is 1. The first kappa shape index (κ1) is 22.6. The van der Waals surface area contributed by atoms with E-state index in [0.29, 0.717) is 6.61 Å². The fourth-order valence-electron chi connectivity index (χ4n) is 3.05. The molecule has 1 aromatic heterocycles. The van der Waals surface area contributed by atoms with Crippen LogP contribution < -0.4 is 0 Å². The van der Waals surface area contributed by atoms with Crippen LogP contribution >= 0.6 is 39.5 Å². The van der Waals surface area contributed by atoms with Gasteiger partial charge in [-0.2, -0.15) is 0 Å². The number of fused-ring (bicyclic) bond motifs is 1. The molecule has 5 heteroatoms. The minimum absolute atomic E-state index is 0.403. The Kier molecular flexibility index (Phi) is 8.14. The smallest absolute Gasteiger partial charge is 0.148 e. The van der Waals surface area contributed by atoms with Gasteiger partial charge in [-0.15, -0.1) is 23.5 Å². The van der Waals surface area contributed by atoms with Crippen LogP contribution in [0, 0.1) is 0 Å². The van der Waals surface area contributed by atoms with E-state index in [1.165, 1.54) is 4.24 Å². The van der Waals surface area contributed by atoms with E-state index in [2.05, 4.69) is 65.9 Å². The van der Waals surface area contributed by atoms with Crippen LogP contribution in [-0.2, 0) is 11.3 Å². The Morgan fingerprint density at radius 2 is 1.87 bits per heavy atom. The van der Waals surface area contributed by atoms with Crippen LogP contribution in [0.4, 0.5) is 0 Å². The molecule has 0 aliphatic rings. The van der Waals surface area contributed by atoms with Gasteiger partial charge in [0.1, 0.15) is 17.9 Å². The normalized spacial score (nSPS) is 11.7. The molecule has 0 aliphatic heterocycles. The van der Waals surface area contributed by atoms with Crippen molar-refractivity contribution >= 4 is 56.0 Å². The molecule has 30 heavy (non-hydrogen) atoms. The van der Waals surface area contributed by atoms with E-state index in [4.69, 9.17) is 9.15 Å². The molecule has 0 saturated heterocycles. The first-order valence-corrected chi connectivity index (χ1v) is 12.5. The van der Waals surface area contributed by atoms with Crippen LogP contribution in [0.3, 0.4) is 0 Å². The Hall–Kier alpha value is -2.08. The molecule has 2 nitrogen and oxygen atoms in total. The van der Waals surface area contributed by atoms with Crippen molar-refractivity contribution in [2.75, 3.05) is 12.5 Å². The number of rotatable bonds is 9. The van der Waals surface area contributed by atoms with E-state index in [-0.39, 0.29) is 0 Å². The number of halogens is 1. The molecule has 0 radical (unpaired) electrons. The van der Waals surface area contributed by atoms with Gasteiger partial charge in [0.05, 0.1) is 10.7 Å². The van der Waals surface area contributed by atoms with Crippen LogP contribution in [0.2, 0.25) is 0 Å². The van der Waals surface area contributed by atoms with E-state index < -0.39 is 0 Å². The van der Waals surface area contributed by atoms with Gasteiger partial charge in [0, 0.05) is 20.8 Å². The number of hydrogen-bond acceptors (Lipinski definition) is 4. The molecule has 0 atom stereocenters. The van der Waals surface area contributed by atoms with Crippen LogP contribution in [0.1, 0.15) is 11.1 Å². The molecular weight excluding hydrogens is 476 g/mol. The van der Waals surface area contributed by atoms with Gasteiger partial charge in [0.15, 0.2) is 0 Å². The summed E-state index contributed by atoms with van der Waals surface area (Å²) in [6, 6.07) is 16.2. The predicted octanol–water partition coefficient (Wildman–Crippen LogP) is 8.43. The summed E-state index contributed by atoms with van der Waals surface area (Å²) in [5, 5.41) is 1.03. The van der Waals surface area contributed by atoms with E-state index >= 15 is 0 Å². The zero-order chi connectivity index (χ0) is 21.5. The number of hydrogen-bond donors (Lipinski definition) is 0. The zero-order valence-corrected chi connectivity index (χ0v) is 20.2. The van der Waals surface area contributed by atoms with Gasteiger partial charge in [-0.1, -0.05) is 49.6 Å². The maximum atomic E-state index is 6.36. The Morgan fingerprint density at radius 3 is 2.53 bits per heavy atom. The summed E-state index contributed by atoms with van der Waals surface area (Å²) < 4.78 is 14.0. The summed E-state index contributed by atoms with van der Waals surface area (Å²) in [7, 11) is 0. The summed E-state index contributed by atoms with van der Waals surface area (Å²) >= 11 is 6.97. The number of ether oxygens (including phenoxy) is 1. The molecule has 0 unspecified atom stereocenters. The third kappa shape index (κ3) is 5.34. The first-order chi connectivity index (χ1) is 14.6. The lowest BCUT2D eigenvalue weighted by atomic mass is 10.0. The summed E-state index contributed by atoms with van der Waals surface area (Å²) in [4.78, 5) is 0. The Balaban J connectivity index is 2.00. The summed E-state index contributed by atoms with van der Waals surface area (Å²) in [6.07, 6.45) is 9.70. The minimum atomic E-state index is 0.403. The third-order valence-electron chi connectivity index (χ3n) is 4.47. The quantitative estimate of drug-likeness (QED) is 0.218. The van der Waals surface area contributed by atoms with E-state index in [9.17, 15) is 0 Å². The molecule has 0 aliphatic carbocycles. The highest BCUT2D eigenvalue weighted by Gasteiger charge is 2.13. The summed E-state index contributed by atoms with van der Waals surface area (Å²) in [5.41, 5.74) is 4.65. The van der Waals surface area contributed by atoms with Crippen LogP contribution in [0.5, 0.6) is 0 Å². The maximum absolute atomic E-state index is 6.36. The average molecular weight is 499 g/mol. The topological polar surface area (TPSA) is 22.4 Å². The van der Waals surface area contributed by atoms with Gasteiger partial charge < -0.3 is 9.15 Å². The molecule has 0 spiro atoms. The lowest BCUT2D eigenvalue weighted by Gasteiger charge is -2.16. The fraction of sp³-hybridized carbons (Fsp3) is 0.120. The molecule has 3 aromatic rings. The standard InChI is InChI=1S/C25H23BrO2S2/c1-5-21(19-9-7-6-8-10-19)24(17(2)13-23(29-3)30-4)28-16-18-14-20-11-12-27-25(20)22(26)15-18/h5-15H,1-2,16H2,3-4H3/b24-21-.